The van der Waals surface area contributed by atoms with Crippen molar-refractivity contribution in [2.45, 2.75) is 56.8 Å². The minimum absolute atomic E-state index is 0.672. The lowest BCUT2D eigenvalue weighted by atomic mass is 9.86. The molecule has 2 unspecified atom stereocenters. The van der Waals surface area contributed by atoms with E-state index < -0.39 is 0 Å². The summed E-state index contributed by atoms with van der Waals surface area (Å²) < 4.78 is 2.43. The summed E-state index contributed by atoms with van der Waals surface area (Å²) in [5.41, 5.74) is 2.45. The molecule has 0 bridgehead atoms. The van der Waals surface area contributed by atoms with Crippen LogP contribution in [0, 0.1) is 5.92 Å². The number of imidazole rings is 1. The third-order valence-electron chi connectivity index (χ3n) is 4.44. The Labute approximate surface area is 129 Å². The lowest BCUT2D eigenvalue weighted by Crippen LogP contribution is -2.23. The van der Waals surface area contributed by atoms with Gasteiger partial charge in [0.25, 0.3) is 0 Å². The first-order chi connectivity index (χ1) is 9.79. The third-order valence-corrected chi connectivity index (χ3v) is 5.65. The zero-order valence-electron chi connectivity index (χ0n) is 12.2. The maximum atomic E-state index is 4.90. The van der Waals surface area contributed by atoms with Gasteiger partial charge in [-0.1, -0.05) is 47.8 Å². The van der Waals surface area contributed by atoms with Crippen molar-refractivity contribution in [3.05, 3.63) is 30.1 Å². The maximum Gasteiger partial charge on any atom is 0.110 e. The predicted molar refractivity (Wildman–Crippen MR) is 88.4 cm³/mol. The molecule has 1 heterocycles. The van der Waals surface area contributed by atoms with Crippen molar-refractivity contribution >= 4 is 27.0 Å². The van der Waals surface area contributed by atoms with E-state index in [1.54, 1.807) is 0 Å². The minimum Gasteiger partial charge on any atom is -0.328 e. The lowest BCUT2D eigenvalue weighted by Gasteiger charge is -2.27. The Morgan fingerprint density at radius 1 is 1.25 bits per heavy atom. The van der Waals surface area contributed by atoms with Crippen LogP contribution < -0.4 is 0 Å². The quantitative estimate of drug-likeness (QED) is 0.724. The second-order valence-corrected chi connectivity index (χ2v) is 7.11. The number of alkyl halides is 1. The van der Waals surface area contributed by atoms with Gasteiger partial charge in [0.1, 0.15) is 5.82 Å². The number of halogens is 1. The Hall–Kier alpha value is -0.830. The molecule has 2 nitrogen and oxygen atoms in total. The van der Waals surface area contributed by atoms with Crippen molar-refractivity contribution in [2.75, 3.05) is 0 Å². The molecule has 1 aromatic carbocycles. The van der Waals surface area contributed by atoms with Gasteiger partial charge in [-0.3, -0.25) is 0 Å². The van der Waals surface area contributed by atoms with Crippen molar-refractivity contribution in [3.8, 4) is 0 Å². The molecular weight excluding hydrogens is 312 g/mol. The van der Waals surface area contributed by atoms with Crippen LogP contribution in [0.2, 0.25) is 0 Å². The predicted octanol–water partition coefficient (Wildman–Crippen LogP) is 4.94. The normalized spacial score (nSPS) is 23.3. The zero-order chi connectivity index (χ0) is 13.9. The molecule has 1 aliphatic rings. The summed E-state index contributed by atoms with van der Waals surface area (Å²) in [5.74, 6) is 2.03. The van der Waals surface area contributed by atoms with Crippen LogP contribution in [0.4, 0.5) is 0 Å². The molecule has 3 rings (SSSR count). The fourth-order valence-corrected chi connectivity index (χ4v) is 4.16. The van der Waals surface area contributed by atoms with Gasteiger partial charge in [0.2, 0.25) is 0 Å². The number of hydrogen-bond acceptors (Lipinski definition) is 1. The lowest BCUT2D eigenvalue weighted by molar-refractivity contribution is 0.364. The van der Waals surface area contributed by atoms with Gasteiger partial charge in [-0.15, -0.1) is 0 Å². The molecule has 1 saturated carbocycles. The van der Waals surface area contributed by atoms with Gasteiger partial charge in [0.05, 0.1) is 11.0 Å². The molecule has 20 heavy (non-hydrogen) atoms. The second kappa shape index (κ2) is 6.30. The van der Waals surface area contributed by atoms with Crippen LogP contribution in [0.1, 0.15) is 44.9 Å². The average molecular weight is 335 g/mol. The minimum atomic E-state index is 0.672. The summed E-state index contributed by atoms with van der Waals surface area (Å²) in [6.45, 7) is 3.32. The number of hydrogen-bond donors (Lipinski definition) is 0. The van der Waals surface area contributed by atoms with E-state index in [2.05, 4.69) is 51.7 Å². The average Bonchev–Trinajstić information content (AvgIpc) is 2.80. The Balaban J connectivity index is 1.91. The number of para-hydroxylation sites is 2. The van der Waals surface area contributed by atoms with Gasteiger partial charge >= 0.3 is 0 Å². The molecule has 2 aromatic rings. The second-order valence-electron chi connectivity index (χ2n) is 5.93. The van der Waals surface area contributed by atoms with Crippen LogP contribution in [0.3, 0.4) is 0 Å². The molecule has 1 aliphatic carbocycles. The highest BCUT2D eigenvalue weighted by Gasteiger charge is 2.25. The Bertz CT molecular complexity index is 575. The molecule has 0 aliphatic heterocycles. The van der Waals surface area contributed by atoms with Crippen LogP contribution >= 0.6 is 15.9 Å². The summed E-state index contributed by atoms with van der Waals surface area (Å²) >= 11 is 3.88. The van der Waals surface area contributed by atoms with Crippen LogP contribution in [0.25, 0.3) is 11.0 Å². The van der Waals surface area contributed by atoms with Crippen molar-refractivity contribution in [1.82, 2.24) is 9.55 Å². The van der Waals surface area contributed by atoms with Crippen LogP contribution in [-0.4, -0.2) is 14.4 Å². The summed E-state index contributed by atoms with van der Waals surface area (Å²) in [6, 6.07) is 8.54. The van der Waals surface area contributed by atoms with Crippen molar-refractivity contribution < 1.29 is 0 Å². The molecule has 0 saturated heterocycles. The summed E-state index contributed by atoms with van der Waals surface area (Å²) in [4.78, 5) is 5.57. The smallest absolute Gasteiger partial charge is 0.110 e. The third kappa shape index (κ3) is 2.78. The summed E-state index contributed by atoms with van der Waals surface area (Å²) in [5, 5.41) is 0. The first-order valence-electron chi connectivity index (χ1n) is 7.87. The van der Waals surface area contributed by atoms with Gasteiger partial charge in [-0.05, 0) is 37.3 Å². The van der Waals surface area contributed by atoms with Crippen molar-refractivity contribution in [1.29, 1.82) is 0 Å². The Kier molecular flexibility index (Phi) is 4.45. The maximum absolute atomic E-state index is 4.90. The van der Waals surface area contributed by atoms with Gasteiger partial charge in [-0.2, -0.15) is 0 Å². The molecule has 0 radical (unpaired) electrons. The highest BCUT2D eigenvalue weighted by molar-refractivity contribution is 9.09. The highest BCUT2D eigenvalue weighted by atomic mass is 79.9. The molecule has 3 heteroatoms. The summed E-state index contributed by atoms with van der Waals surface area (Å²) in [6.07, 6.45) is 7.68. The number of benzene rings is 1. The van der Waals surface area contributed by atoms with Gasteiger partial charge in [-0.25, -0.2) is 4.98 Å². The van der Waals surface area contributed by atoms with E-state index in [0.717, 1.165) is 30.8 Å². The highest BCUT2D eigenvalue weighted by Crippen LogP contribution is 2.33. The first-order valence-corrected chi connectivity index (χ1v) is 8.79. The molecule has 1 fully saturated rings. The van der Waals surface area contributed by atoms with Crippen molar-refractivity contribution in [3.63, 3.8) is 0 Å². The Morgan fingerprint density at radius 2 is 2.05 bits per heavy atom. The van der Waals surface area contributed by atoms with E-state index in [0.29, 0.717) is 4.83 Å². The molecule has 2 atom stereocenters. The number of aryl methyl sites for hydroxylation is 1. The van der Waals surface area contributed by atoms with Crippen molar-refractivity contribution in [2.24, 2.45) is 5.92 Å². The van der Waals surface area contributed by atoms with E-state index in [9.17, 15) is 0 Å². The zero-order valence-corrected chi connectivity index (χ0v) is 13.8. The molecule has 1 aromatic heterocycles. The summed E-state index contributed by atoms with van der Waals surface area (Å²) in [7, 11) is 0. The van der Waals surface area contributed by atoms with E-state index in [1.807, 2.05) is 0 Å². The standard InChI is InChI=1S/C17H23BrN2/c1-2-11-20-16-10-6-5-9-15(16)19-17(20)12-13-7-3-4-8-14(13)18/h5-6,9-10,13-14H,2-4,7-8,11-12H2,1H3. The number of aromatic nitrogens is 2. The van der Waals surface area contributed by atoms with Crippen LogP contribution in [0.5, 0.6) is 0 Å². The van der Waals surface area contributed by atoms with E-state index in [4.69, 9.17) is 4.98 Å². The van der Waals surface area contributed by atoms with E-state index >= 15 is 0 Å². The van der Waals surface area contributed by atoms with E-state index in [-0.39, 0.29) is 0 Å². The largest absolute Gasteiger partial charge is 0.328 e. The van der Waals surface area contributed by atoms with E-state index in [1.165, 1.54) is 37.0 Å². The molecule has 108 valence electrons. The van der Waals surface area contributed by atoms with Crippen LogP contribution in [-0.2, 0) is 13.0 Å². The molecule has 0 N–H and O–H groups in total. The fraction of sp³-hybridized carbons (Fsp3) is 0.588. The number of nitrogens with zero attached hydrogens (tertiary/aromatic N) is 2. The topological polar surface area (TPSA) is 17.8 Å². The van der Waals surface area contributed by atoms with Gasteiger partial charge < -0.3 is 4.57 Å². The number of rotatable bonds is 4. The van der Waals surface area contributed by atoms with Gasteiger partial charge in [0.15, 0.2) is 0 Å². The fourth-order valence-electron chi connectivity index (χ4n) is 3.38. The Morgan fingerprint density at radius 3 is 2.85 bits per heavy atom. The van der Waals surface area contributed by atoms with Crippen LogP contribution in [0.15, 0.2) is 24.3 Å². The monoisotopic (exact) mass is 334 g/mol. The molecule has 0 amide bonds. The molecular formula is C17H23BrN2. The molecule has 0 spiro atoms. The van der Waals surface area contributed by atoms with Gasteiger partial charge in [0, 0.05) is 17.8 Å². The first kappa shape index (κ1) is 14.1. The SMILES string of the molecule is CCCn1c(CC2CCCCC2Br)nc2ccccc21. The number of fused-ring (bicyclic) bond motifs is 1.